The lowest BCUT2D eigenvalue weighted by molar-refractivity contribution is -0.219. The first-order valence-electron chi connectivity index (χ1n) is 25.8. The number of hydrogen-bond donors (Lipinski definition) is 19. The molecular weight excluding hydrogens is 1100 g/mol. The predicted octanol–water partition coefficient (Wildman–Crippen LogP) is 5.69. The highest BCUT2D eigenvalue weighted by Crippen LogP contribution is 2.68. The molecule has 8 aromatic carbocycles. The van der Waals surface area contributed by atoms with Gasteiger partial charge in [0.25, 0.3) is 0 Å². The second kappa shape index (κ2) is 18.6. The topological polar surface area (TPSA) is 431 Å². The highest BCUT2D eigenvalue weighted by molar-refractivity contribution is 5.74. The molecule has 84 heavy (non-hydrogen) atoms. The number of hydrogen-bond acceptors (Lipinski definition) is 24. The molecule has 8 aromatic rings. The number of aromatic hydroxyl groups is 15. The van der Waals surface area contributed by atoms with Gasteiger partial charge in [0.1, 0.15) is 93.4 Å². The molecule has 19 N–H and O–H groups in total. The van der Waals surface area contributed by atoms with Gasteiger partial charge in [-0.05, 0) is 71.3 Å². The summed E-state index contributed by atoms with van der Waals surface area (Å²) in [4.78, 5) is 0. The van der Waals surface area contributed by atoms with Crippen LogP contribution < -0.4 is 23.7 Å². The average molecular weight is 1150 g/mol. The van der Waals surface area contributed by atoms with Crippen LogP contribution in [0.4, 0.5) is 0 Å². The van der Waals surface area contributed by atoms with Gasteiger partial charge in [-0.1, -0.05) is 18.2 Å². The quantitative estimate of drug-likeness (QED) is 0.0889. The van der Waals surface area contributed by atoms with E-state index in [0.717, 1.165) is 78.9 Å². The largest absolute Gasteiger partial charge is 0.508 e. The Morgan fingerprint density at radius 2 is 0.786 bits per heavy atom. The van der Waals surface area contributed by atoms with Crippen molar-refractivity contribution in [1.29, 1.82) is 0 Å². The van der Waals surface area contributed by atoms with Gasteiger partial charge >= 0.3 is 5.79 Å². The first-order chi connectivity index (χ1) is 40.0. The minimum atomic E-state index is -2.72. The monoisotopic (exact) mass is 1150 g/mol. The molecule has 1 unspecified atom stereocenters. The molecule has 0 amide bonds. The third-order valence-corrected chi connectivity index (χ3v) is 16.4. The van der Waals surface area contributed by atoms with E-state index in [1.807, 2.05) is 0 Å². The fourth-order valence-corrected chi connectivity index (χ4v) is 12.5. The van der Waals surface area contributed by atoms with E-state index < -0.39 is 193 Å². The summed E-state index contributed by atoms with van der Waals surface area (Å²) in [6.07, 6.45) is -12.8. The van der Waals surface area contributed by atoms with Crippen molar-refractivity contribution in [2.75, 3.05) is 0 Å². The van der Waals surface area contributed by atoms with Crippen molar-refractivity contribution in [3.8, 4) is 115 Å². The van der Waals surface area contributed by atoms with Crippen molar-refractivity contribution in [2.24, 2.45) is 0 Å². The van der Waals surface area contributed by atoms with Gasteiger partial charge in [0.2, 0.25) is 0 Å². The van der Waals surface area contributed by atoms with Crippen LogP contribution >= 0.6 is 0 Å². The van der Waals surface area contributed by atoms with Crippen LogP contribution in [0.5, 0.6) is 115 Å². The van der Waals surface area contributed by atoms with Crippen LogP contribution in [-0.2, 0) is 12.2 Å². The zero-order valence-electron chi connectivity index (χ0n) is 42.8. The molecule has 24 heteroatoms. The summed E-state index contributed by atoms with van der Waals surface area (Å²) in [5.41, 5.74) is -2.64. The van der Waals surface area contributed by atoms with Crippen LogP contribution in [0.3, 0.4) is 0 Å². The van der Waals surface area contributed by atoms with Gasteiger partial charge in [0.15, 0.2) is 58.2 Å². The Hall–Kier alpha value is -10.4. The molecule has 0 fully saturated rings. The van der Waals surface area contributed by atoms with E-state index in [1.54, 1.807) is 0 Å². The molecule has 11 atom stereocenters. The summed E-state index contributed by atoms with van der Waals surface area (Å²) >= 11 is 0. The zero-order valence-corrected chi connectivity index (χ0v) is 42.8. The number of aliphatic hydroxyl groups is 4. The summed E-state index contributed by atoms with van der Waals surface area (Å²) in [6.45, 7) is 0. The summed E-state index contributed by atoms with van der Waals surface area (Å²) in [7, 11) is 0. The first-order valence-corrected chi connectivity index (χ1v) is 25.8. The predicted molar refractivity (Wildman–Crippen MR) is 283 cm³/mol. The summed E-state index contributed by atoms with van der Waals surface area (Å²) in [5, 5.41) is 218. The lowest BCUT2D eigenvalue weighted by Gasteiger charge is -2.52. The van der Waals surface area contributed by atoms with E-state index in [1.165, 1.54) is 24.3 Å². The van der Waals surface area contributed by atoms with E-state index in [-0.39, 0.29) is 56.0 Å². The number of aliphatic hydroxyl groups excluding tert-OH is 4. The molecule has 0 spiro atoms. The van der Waals surface area contributed by atoms with Crippen LogP contribution in [0.25, 0.3) is 0 Å². The SMILES string of the molecule is Oc1cc(O)c2c(c1)O[C@H](c1ccc(O)c(O)c1)[C@H](O)C2c1c(O)cc(O)c2c1O[C@]1(c3ccc(O)c(O)c3)Oc3cc(O)c4c(c3[C@@H]2[C@H]1O)O[C@H](c1ccc(O)c(O)c1)[C@@H](O)[C@H]4c1c(O)cc(O)c2c1O[C@H](c1ccc(O)c(O)c1)[C@H](O)C2. The zero-order chi connectivity index (χ0) is 59.4. The third-order valence-electron chi connectivity index (χ3n) is 16.4. The minimum Gasteiger partial charge on any atom is -0.508 e. The molecule has 5 aliphatic rings. The molecule has 2 bridgehead atoms. The third kappa shape index (κ3) is 7.68. The smallest absolute Gasteiger partial charge is 0.305 e. The fourth-order valence-electron chi connectivity index (χ4n) is 12.5. The standard InChI is InChI=1S/C60H48O24/c61-23-13-34(71)42-40(14-23)80-54(20-2-6-26(63)31(68)10-20)51(77)48(42)45-36(73)17-37(74)46-50-47-41(83-60(59(50)79,84-58(45)46)22-4-8-28(65)33(70)12-22)18-38(75)44-49(52(78)55(82-57(44)47)21-3-7-27(64)32(69)11-21)43-35(72)16-29(66)24-15-39(76)53(81-56(24)43)19-1-5-25(62)30(67)9-19/h1-14,16-18,39,48-55,59,61-79H,15H2/t39-,48?,49+,50-,51-,52+,53-,54-,55-,59-,60+/m1/s1. The Labute approximate surface area is 471 Å². The summed E-state index contributed by atoms with van der Waals surface area (Å²) in [6, 6.07) is 18.2. The molecule has 432 valence electrons. The van der Waals surface area contributed by atoms with E-state index in [2.05, 4.69) is 0 Å². The van der Waals surface area contributed by atoms with Crippen molar-refractivity contribution >= 4 is 0 Å². The number of ether oxygens (including phenoxy) is 5. The maximum Gasteiger partial charge on any atom is 0.305 e. The Morgan fingerprint density at radius 1 is 0.333 bits per heavy atom. The van der Waals surface area contributed by atoms with Crippen LogP contribution in [0.15, 0.2) is 103 Å². The maximum atomic E-state index is 13.2. The number of phenols is 15. The Kier molecular flexibility index (Phi) is 11.7. The number of fused-ring (bicyclic) bond motifs is 10. The van der Waals surface area contributed by atoms with E-state index >= 15 is 0 Å². The molecule has 0 saturated heterocycles. The van der Waals surface area contributed by atoms with E-state index in [9.17, 15) is 97.0 Å². The van der Waals surface area contributed by atoms with Crippen LogP contribution in [0.2, 0.25) is 0 Å². The van der Waals surface area contributed by atoms with Crippen LogP contribution in [0.1, 0.15) is 97.3 Å². The average Bonchev–Trinajstić information content (AvgIpc) is 0.890. The normalized spacial score (nSPS) is 25.1. The van der Waals surface area contributed by atoms with Crippen molar-refractivity contribution in [3.63, 3.8) is 0 Å². The second-order valence-corrected chi connectivity index (χ2v) is 21.2. The van der Waals surface area contributed by atoms with Crippen molar-refractivity contribution in [2.45, 2.75) is 72.7 Å². The molecule has 0 radical (unpaired) electrons. The second-order valence-electron chi connectivity index (χ2n) is 21.2. The van der Waals surface area contributed by atoms with Crippen molar-refractivity contribution < 1.29 is 121 Å². The van der Waals surface area contributed by atoms with Crippen molar-refractivity contribution in [1.82, 2.24) is 0 Å². The van der Waals surface area contributed by atoms with Gasteiger partial charge in [-0.2, -0.15) is 0 Å². The van der Waals surface area contributed by atoms with E-state index in [0.29, 0.717) is 0 Å². The van der Waals surface area contributed by atoms with Gasteiger partial charge in [0, 0.05) is 81.3 Å². The number of benzene rings is 8. The van der Waals surface area contributed by atoms with Crippen LogP contribution in [0, 0.1) is 0 Å². The number of phenolic OH excluding ortho intramolecular Hbond substituents is 15. The lowest BCUT2D eigenvalue weighted by Crippen LogP contribution is -2.58. The molecule has 0 aliphatic carbocycles. The molecular formula is C60H48O24. The van der Waals surface area contributed by atoms with Crippen LogP contribution in [-0.4, -0.2) is 121 Å². The van der Waals surface area contributed by atoms with Gasteiger partial charge in [-0.25, -0.2) is 0 Å². The highest BCUT2D eigenvalue weighted by Gasteiger charge is 2.62. The van der Waals surface area contributed by atoms with Gasteiger partial charge < -0.3 is 121 Å². The highest BCUT2D eigenvalue weighted by atomic mass is 16.7. The van der Waals surface area contributed by atoms with Crippen molar-refractivity contribution in [3.05, 3.63) is 164 Å². The Bertz CT molecular complexity index is 4110. The summed E-state index contributed by atoms with van der Waals surface area (Å²) < 4.78 is 32.9. The molecule has 0 saturated carbocycles. The summed E-state index contributed by atoms with van der Waals surface area (Å²) in [5.74, 6) is -20.4. The molecule has 0 aromatic heterocycles. The van der Waals surface area contributed by atoms with Gasteiger partial charge in [0.05, 0.1) is 23.9 Å². The molecule has 13 rings (SSSR count). The molecule has 24 nitrogen and oxygen atoms in total. The lowest BCUT2D eigenvalue weighted by atomic mass is 9.70. The maximum absolute atomic E-state index is 13.2. The fraction of sp³-hybridized carbons (Fsp3) is 0.200. The Balaban J connectivity index is 1.09. The Morgan fingerprint density at radius 3 is 1.36 bits per heavy atom. The number of rotatable bonds is 6. The first kappa shape index (κ1) is 52.9. The van der Waals surface area contributed by atoms with Gasteiger partial charge in [-0.15, -0.1) is 0 Å². The molecule has 5 aliphatic heterocycles. The van der Waals surface area contributed by atoms with E-state index in [4.69, 9.17) is 23.7 Å². The van der Waals surface area contributed by atoms with Gasteiger partial charge in [-0.3, -0.25) is 0 Å². The minimum absolute atomic E-state index is 0.0134. The molecule has 5 heterocycles.